The van der Waals surface area contributed by atoms with Crippen molar-refractivity contribution in [3.05, 3.63) is 24.3 Å². The molecule has 0 bridgehead atoms. The fourth-order valence-electron chi connectivity index (χ4n) is 2.39. The zero-order valence-corrected chi connectivity index (χ0v) is 13.7. The van der Waals surface area contributed by atoms with Crippen molar-refractivity contribution >= 4 is 16.0 Å². The number of hydrogen-bond donors (Lipinski definition) is 3. The Morgan fingerprint density at radius 3 is 2.52 bits per heavy atom. The predicted molar refractivity (Wildman–Crippen MR) is 83.5 cm³/mol. The number of benzene rings is 1. The molecule has 1 saturated heterocycles. The van der Waals surface area contributed by atoms with Gasteiger partial charge in [0.2, 0.25) is 10.0 Å². The minimum absolute atomic E-state index is 0.0165. The minimum atomic E-state index is -3.76. The average molecular weight is 343 g/mol. The monoisotopic (exact) mass is 343 g/mol. The molecular weight excluding hydrogens is 322 g/mol. The maximum absolute atomic E-state index is 12.3. The number of phenols is 1. The molecule has 23 heavy (non-hydrogen) atoms. The number of ether oxygens (including phenoxy) is 1. The van der Waals surface area contributed by atoms with Crippen molar-refractivity contribution in [3.8, 4) is 5.75 Å². The molecule has 1 heterocycles. The van der Waals surface area contributed by atoms with Crippen LogP contribution >= 0.6 is 0 Å². The van der Waals surface area contributed by atoms with Crippen molar-refractivity contribution < 1.29 is 23.1 Å². The van der Waals surface area contributed by atoms with Crippen LogP contribution < -0.4 is 10.0 Å². The second kappa shape index (κ2) is 7.73. The van der Waals surface area contributed by atoms with Crippen LogP contribution in [0.1, 0.15) is 0 Å². The maximum Gasteiger partial charge on any atom is 0.324 e. The number of hydrogen-bond acceptors (Lipinski definition) is 7. The highest BCUT2D eigenvalue weighted by molar-refractivity contribution is 7.89. The van der Waals surface area contributed by atoms with Crippen LogP contribution in [-0.2, 0) is 19.6 Å². The van der Waals surface area contributed by atoms with Gasteiger partial charge < -0.3 is 15.2 Å². The smallest absolute Gasteiger partial charge is 0.324 e. The number of nitrogens with zero attached hydrogens (tertiary/aromatic N) is 1. The van der Waals surface area contributed by atoms with Gasteiger partial charge in [-0.25, -0.2) is 13.1 Å². The lowest BCUT2D eigenvalue weighted by molar-refractivity contribution is -0.146. The van der Waals surface area contributed by atoms with E-state index < -0.39 is 22.0 Å². The third kappa shape index (κ3) is 4.64. The lowest BCUT2D eigenvalue weighted by atomic mass is 10.2. The van der Waals surface area contributed by atoms with Crippen LogP contribution in [-0.4, -0.2) is 70.3 Å². The van der Waals surface area contributed by atoms with Gasteiger partial charge in [0, 0.05) is 32.7 Å². The molecule has 1 aromatic rings. The Hall–Kier alpha value is -1.68. The normalized spacial score (nSPS) is 17.6. The summed E-state index contributed by atoms with van der Waals surface area (Å²) in [7, 11) is -2.48. The highest BCUT2D eigenvalue weighted by Gasteiger charge is 2.29. The van der Waals surface area contributed by atoms with Gasteiger partial charge >= 0.3 is 5.97 Å². The van der Waals surface area contributed by atoms with E-state index in [9.17, 15) is 18.3 Å². The molecule has 3 N–H and O–H groups in total. The Bertz CT molecular complexity index is 626. The van der Waals surface area contributed by atoms with Crippen LogP contribution in [0.2, 0.25) is 0 Å². The number of rotatable bonds is 6. The summed E-state index contributed by atoms with van der Waals surface area (Å²) in [5.41, 5.74) is 0. The molecule has 0 aromatic heterocycles. The number of sulfonamides is 1. The molecule has 1 aliphatic heterocycles. The fourth-order valence-corrected chi connectivity index (χ4v) is 3.43. The third-order valence-electron chi connectivity index (χ3n) is 3.68. The van der Waals surface area contributed by atoms with Gasteiger partial charge in [-0.1, -0.05) is 0 Å². The van der Waals surface area contributed by atoms with Crippen LogP contribution in [0.15, 0.2) is 29.2 Å². The number of methoxy groups -OCH3 is 1. The fraction of sp³-hybridized carbons (Fsp3) is 0.500. The van der Waals surface area contributed by atoms with E-state index in [2.05, 4.69) is 10.0 Å². The van der Waals surface area contributed by atoms with Crippen molar-refractivity contribution in [3.63, 3.8) is 0 Å². The van der Waals surface area contributed by atoms with Crippen LogP contribution in [0.4, 0.5) is 0 Å². The number of aromatic hydroxyl groups is 1. The summed E-state index contributed by atoms with van der Waals surface area (Å²) in [6.07, 6.45) is 0. The second-order valence-electron chi connectivity index (χ2n) is 5.17. The second-order valence-corrected chi connectivity index (χ2v) is 6.94. The van der Waals surface area contributed by atoms with E-state index in [1.807, 2.05) is 4.90 Å². The van der Waals surface area contributed by atoms with Crippen molar-refractivity contribution in [2.75, 3.05) is 39.8 Å². The molecule has 0 saturated carbocycles. The number of esters is 1. The first-order chi connectivity index (χ1) is 10.9. The Morgan fingerprint density at radius 2 is 1.96 bits per heavy atom. The number of carbonyl (C=O) groups is 1. The van der Waals surface area contributed by atoms with E-state index in [1.54, 1.807) is 0 Å². The molecule has 0 aliphatic carbocycles. The van der Waals surface area contributed by atoms with Crippen molar-refractivity contribution in [2.45, 2.75) is 10.9 Å². The predicted octanol–water partition coefficient (Wildman–Crippen LogP) is -0.883. The highest BCUT2D eigenvalue weighted by Crippen LogP contribution is 2.14. The summed E-state index contributed by atoms with van der Waals surface area (Å²) < 4.78 is 31.8. The van der Waals surface area contributed by atoms with Crippen LogP contribution in [0, 0.1) is 0 Å². The van der Waals surface area contributed by atoms with Gasteiger partial charge in [0.1, 0.15) is 11.8 Å². The standard InChI is InChI=1S/C14H21N3O5S/c1-22-14(19)13(17-8-6-15-7-9-17)10-16-23(20,21)12-4-2-11(18)3-5-12/h2-5,13,15-16,18H,6-10H2,1H3/t13-/m0/s1. The molecule has 9 heteroatoms. The lowest BCUT2D eigenvalue weighted by Crippen LogP contribution is -2.55. The molecular formula is C14H21N3O5S. The Kier molecular flexibility index (Phi) is 5.94. The molecule has 1 aromatic carbocycles. The summed E-state index contributed by atoms with van der Waals surface area (Å²) in [6, 6.07) is 4.52. The molecule has 0 amide bonds. The molecule has 2 rings (SSSR count). The molecule has 1 aliphatic rings. The lowest BCUT2D eigenvalue weighted by Gasteiger charge is -2.33. The molecule has 1 fully saturated rings. The van der Waals surface area contributed by atoms with Gasteiger partial charge in [-0.15, -0.1) is 0 Å². The number of nitrogens with one attached hydrogen (secondary N) is 2. The van der Waals surface area contributed by atoms with Gasteiger partial charge in [0.25, 0.3) is 0 Å². The highest BCUT2D eigenvalue weighted by atomic mass is 32.2. The Balaban J connectivity index is 2.07. The van der Waals surface area contributed by atoms with Gasteiger partial charge in [-0.05, 0) is 24.3 Å². The van der Waals surface area contributed by atoms with E-state index in [1.165, 1.54) is 31.4 Å². The number of phenolic OH excluding ortho intramolecular Hbond substituents is 1. The summed E-state index contributed by atoms with van der Waals surface area (Å²) in [5, 5.41) is 12.4. The first kappa shape index (κ1) is 17.7. The van der Waals surface area contributed by atoms with E-state index in [-0.39, 0.29) is 17.2 Å². The van der Waals surface area contributed by atoms with E-state index >= 15 is 0 Å². The van der Waals surface area contributed by atoms with Gasteiger partial charge in [-0.2, -0.15) is 0 Å². The maximum atomic E-state index is 12.3. The number of piperazine rings is 1. The Labute approximate surface area is 135 Å². The topological polar surface area (TPSA) is 108 Å². The van der Waals surface area contributed by atoms with E-state index in [0.29, 0.717) is 13.1 Å². The van der Waals surface area contributed by atoms with Crippen molar-refractivity contribution in [1.82, 2.24) is 14.9 Å². The van der Waals surface area contributed by atoms with Crippen LogP contribution in [0.3, 0.4) is 0 Å². The Morgan fingerprint density at radius 1 is 1.35 bits per heavy atom. The molecule has 128 valence electrons. The SMILES string of the molecule is COC(=O)[C@H](CNS(=O)(=O)c1ccc(O)cc1)N1CCNCC1. The first-order valence-electron chi connectivity index (χ1n) is 7.25. The average Bonchev–Trinajstić information content (AvgIpc) is 2.56. The third-order valence-corrected chi connectivity index (χ3v) is 5.12. The molecule has 0 radical (unpaired) electrons. The van der Waals surface area contributed by atoms with Gasteiger partial charge in [0.05, 0.1) is 12.0 Å². The zero-order chi connectivity index (χ0) is 16.9. The van der Waals surface area contributed by atoms with Gasteiger partial charge in [0.15, 0.2) is 0 Å². The number of carbonyl (C=O) groups excluding carboxylic acids is 1. The van der Waals surface area contributed by atoms with E-state index in [0.717, 1.165) is 13.1 Å². The molecule has 1 atom stereocenters. The summed E-state index contributed by atoms with van der Waals surface area (Å²) in [5.74, 6) is -0.488. The van der Waals surface area contributed by atoms with Gasteiger partial charge in [-0.3, -0.25) is 9.69 Å². The quantitative estimate of drug-likeness (QED) is 0.576. The molecule has 0 spiro atoms. The van der Waals surface area contributed by atoms with Crippen LogP contribution in [0.5, 0.6) is 5.75 Å². The molecule has 8 nitrogen and oxygen atoms in total. The van der Waals surface area contributed by atoms with Crippen molar-refractivity contribution in [1.29, 1.82) is 0 Å². The van der Waals surface area contributed by atoms with E-state index in [4.69, 9.17) is 4.74 Å². The minimum Gasteiger partial charge on any atom is -0.508 e. The summed E-state index contributed by atoms with van der Waals surface area (Å²) >= 11 is 0. The summed E-state index contributed by atoms with van der Waals surface area (Å²) in [6.45, 7) is 2.67. The largest absolute Gasteiger partial charge is 0.508 e. The summed E-state index contributed by atoms with van der Waals surface area (Å²) in [4.78, 5) is 13.9. The molecule has 0 unspecified atom stereocenters. The zero-order valence-electron chi connectivity index (χ0n) is 12.9. The van der Waals surface area contributed by atoms with Crippen LogP contribution in [0.25, 0.3) is 0 Å². The first-order valence-corrected chi connectivity index (χ1v) is 8.73. The van der Waals surface area contributed by atoms with Crippen molar-refractivity contribution in [2.24, 2.45) is 0 Å².